The van der Waals surface area contributed by atoms with E-state index in [0.717, 1.165) is 28.0 Å². The van der Waals surface area contributed by atoms with Gasteiger partial charge < -0.3 is 16.1 Å². The first-order valence-electron chi connectivity index (χ1n) is 12.2. The van der Waals surface area contributed by atoms with Crippen LogP contribution >= 0.6 is 11.6 Å². The van der Waals surface area contributed by atoms with Crippen LogP contribution in [-0.2, 0) is 5.44 Å². The minimum Gasteiger partial charge on any atom is -0.383 e. The van der Waals surface area contributed by atoms with Crippen LogP contribution in [0.25, 0.3) is 10.9 Å². The molecule has 1 saturated carbocycles. The Labute approximate surface area is 217 Å². The van der Waals surface area contributed by atoms with E-state index in [4.69, 9.17) is 11.6 Å². The number of nitrogens with one attached hydrogen (secondary N) is 4. The Kier molecular flexibility index (Phi) is 6.19. The predicted octanol–water partition coefficient (Wildman–Crippen LogP) is 3.84. The molecule has 4 N–H and O–H groups in total. The molecule has 1 aliphatic heterocycles. The van der Waals surface area contributed by atoms with Gasteiger partial charge in [0.25, 0.3) is 0 Å². The summed E-state index contributed by atoms with van der Waals surface area (Å²) in [5.74, 6) is 0. The van der Waals surface area contributed by atoms with Gasteiger partial charge in [0.05, 0.1) is 32.9 Å². The van der Waals surface area contributed by atoms with Crippen LogP contribution < -0.4 is 21.6 Å². The molecule has 1 aromatic carbocycles. The minimum absolute atomic E-state index is 0.0297. The van der Waals surface area contributed by atoms with Gasteiger partial charge in [-0.1, -0.05) is 38.4 Å². The summed E-state index contributed by atoms with van der Waals surface area (Å²) in [4.78, 5) is 8.86. The summed E-state index contributed by atoms with van der Waals surface area (Å²) < 4.78 is 0. The van der Waals surface area contributed by atoms with E-state index in [1.807, 2.05) is 24.4 Å². The maximum Gasteiger partial charge on any atom is 0.148 e. The molecule has 1 atom stereocenters. The van der Waals surface area contributed by atoms with Gasteiger partial charge in [0.15, 0.2) is 0 Å². The number of benzene rings is 1. The van der Waals surface area contributed by atoms with Crippen LogP contribution in [0.15, 0.2) is 54.8 Å². The second-order valence-electron chi connectivity index (χ2n) is 10.8. The highest BCUT2D eigenvalue weighted by Gasteiger charge is 2.38. The van der Waals surface area contributed by atoms with Gasteiger partial charge in [-0.15, -0.1) is 5.53 Å². The lowest BCUT2D eigenvalue weighted by Gasteiger charge is -2.33. The van der Waals surface area contributed by atoms with Gasteiger partial charge >= 0.3 is 0 Å². The number of hydrogen-bond donors (Lipinski definition) is 4. The van der Waals surface area contributed by atoms with Gasteiger partial charge in [0.1, 0.15) is 13.9 Å². The van der Waals surface area contributed by atoms with E-state index in [1.54, 1.807) is 12.4 Å². The predicted molar refractivity (Wildman–Crippen MR) is 147 cm³/mol. The molecule has 3 heterocycles. The number of rotatable bonds is 7. The molecule has 8 nitrogen and oxygen atoms in total. The average molecular weight is 501 g/mol. The zero-order valence-corrected chi connectivity index (χ0v) is 21.7. The summed E-state index contributed by atoms with van der Waals surface area (Å²) in [5, 5.41) is 20.4. The molecular formula is C26H30BClN8. The van der Waals surface area contributed by atoms with Crippen molar-refractivity contribution in [1.29, 1.82) is 5.26 Å². The van der Waals surface area contributed by atoms with Crippen LogP contribution in [0.2, 0.25) is 5.02 Å². The fourth-order valence-corrected chi connectivity index (χ4v) is 4.60. The lowest BCUT2D eigenvalue weighted by Crippen LogP contribution is -2.45. The van der Waals surface area contributed by atoms with Crippen molar-refractivity contribution >= 4 is 41.7 Å². The number of halogens is 1. The summed E-state index contributed by atoms with van der Waals surface area (Å²) >= 11 is 6.75. The summed E-state index contributed by atoms with van der Waals surface area (Å²) in [6, 6.07) is 10.7. The molecule has 0 spiro atoms. The molecule has 1 unspecified atom stereocenters. The molecule has 10 heteroatoms. The Balaban J connectivity index is 1.59. The molecule has 5 rings (SSSR count). The highest BCUT2D eigenvalue weighted by atomic mass is 35.5. The van der Waals surface area contributed by atoms with E-state index in [9.17, 15) is 5.26 Å². The number of aromatic nitrogens is 2. The van der Waals surface area contributed by atoms with Gasteiger partial charge in [-0.2, -0.15) is 5.26 Å². The molecule has 2 aliphatic rings. The Morgan fingerprint density at radius 1 is 1.28 bits per heavy atom. The van der Waals surface area contributed by atoms with Crippen molar-refractivity contribution in [3.8, 4) is 6.07 Å². The van der Waals surface area contributed by atoms with Crippen LogP contribution in [0.1, 0.15) is 44.7 Å². The molecule has 1 fully saturated rings. The molecule has 36 heavy (non-hydrogen) atoms. The van der Waals surface area contributed by atoms with E-state index >= 15 is 0 Å². The first-order valence-corrected chi connectivity index (χ1v) is 12.5. The second-order valence-corrected chi connectivity index (χ2v) is 11.2. The monoisotopic (exact) mass is 500 g/mol. The number of anilines is 2. The van der Waals surface area contributed by atoms with Crippen molar-refractivity contribution in [3.05, 3.63) is 70.9 Å². The van der Waals surface area contributed by atoms with Gasteiger partial charge in [-0.3, -0.25) is 15.0 Å². The van der Waals surface area contributed by atoms with Gasteiger partial charge in [0.2, 0.25) is 0 Å². The third-order valence-corrected chi connectivity index (χ3v) is 6.83. The standard InChI is InChI=1S/C26H30BClN8/c1-25(2,3)15-32-23-16(11-29)12-31-24-20(23)9-18(10-21(24)28)33-26(27,17-5-4-8-30-13-17)22-14-36(35-34-22)19-6-7-19/h4-5,8-10,12-14,19,33-35H,6-7,15,27H2,1-3H3,(H,31,32). The van der Waals surface area contributed by atoms with Crippen molar-refractivity contribution in [2.24, 2.45) is 5.41 Å². The Morgan fingerprint density at radius 3 is 2.75 bits per heavy atom. The number of nitriles is 1. The molecular weight excluding hydrogens is 471 g/mol. The topological polar surface area (TPSA) is 101 Å². The van der Waals surface area contributed by atoms with Crippen molar-refractivity contribution < 1.29 is 0 Å². The minimum atomic E-state index is -0.638. The van der Waals surface area contributed by atoms with E-state index in [1.165, 1.54) is 12.8 Å². The number of nitrogens with zero attached hydrogens (tertiary/aromatic N) is 4. The van der Waals surface area contributed by atoms with Crippen LogP contribution in [0.3, 0.4) is 0 Å². The average Bonchev–Trinajstić information content (AvgIpc) is 3.58. The van der Waals surface area contributed by atoms with Crippen molar-refractivity contribution in [2.45, 2.75) is 45.1 Å². The molecule has 0 bridgehead atoms. The third-order valence-electron chi connectivity index (χ3n) is 6.54. The van der Waals surface area contributed by atoms with E-state index in [0.29, 0.717) is 28.7 Å². The quantitative estimate of drug-likeness (QED) is 0.363. The van der Waals surface area contributed by atoms with Crippen LogP contribution in [-0.4, -0.2) is 35.4 Å². The zero-order valence-electron chi connectivity index (χ0n) is 21.0. The summed E-state index contributed by atoms with van der Waals surface area (Å²) in [7, 11) is 2.11. The normalized spacial score (nSPS) is 17.2. The van der Waals surface area contributed by atoms with E-state index in [2.05, 4.69) is 83.5 Å². The smallest absolute Gasteiger partial charge is 0.148 e. The van der Waals surface area contributed by atoms with Gasteiger partial charge in [0, 0.05) is 48.5 Å². The Bertz CT molecular complexity index is 1360. The largest absolute Gasteiger partial charge is 0.383 e. The van der Waals surface area contributed by atoms with Gasteiger partial charge in [-0.25, -0.2) is 0 Å². The van der Waals surface area contributed by atoms with Crippen LogP contribution in [0, 0.1) is 16.7 Å². The number of fused-ring (bicyclic) bond motifs is 1. The highest BCUT2D eigenvalue weighted by molar-refractivity contribution is 6.36. The van der Waals surface area contributed by atoms with Gasteiger partial charge in [-0.05, 0) is 42.0 Å². The molecule has 184 valence electrons. The molecule has 1 aliphatic carbocycles. The number of hydrogen-bond acceptors (Lipinski definition) is 8. The van der Waals surface area contributed by atoms with E-state index in [-0.39, 0.29) is 5.41 Å². The fourth-order valence-electron chi connectivity index (χ4n) is 4.33. The van der Waals surface area contributed by atoms with Crippen molar-refractivity contribution in [3.63, 3.8) is 0 Å². The van der Waals surface area contributed by atoms with E-state index < -0.39 is 5.44 Å². The number of pyridine rings is 2. The lowest BCUT2D eigenvalue weighted by atomic mass is 9.70. The molecule has 2 aromatic heterocycles. The van der Waals surface area contributed by atoms with Crippen molar-refractivity contribution in [2.75, 3.05) is 17.2 Å². The summed E-state index contributed by atoms with van der Waals surface area (Å²) in [6.45, 7) is 7.14. The Hall–Kier alpha value is -3.48. The zero-order chi connectivity index (χ0) is 25.5. The molecule has 0 radical (unpaired) electrons. The first kappa shape index (κ1) is 24.2. The maximum atomic E-state index is 9.79. The van der Waals surface area contributed by atoms with Crippen LogP contribution in [0.4, 0.5) is 11.4 Å². The fraction of sp³-hybridized carbons (Fsp3) is 0.346. The summed E-state index contributed by atoms with van der Waals surface area (Å²) in [5.41, 5.74) is 10.7. The maximum absolute atomic E-state index is 9.79. The second kappa shape index (κ2) is 9.19. The first-order chi connectivity index (χ1) is 17.2. The Morgan fingerprint density at radius 2 is 2.08 bits per heavy atom. The third kappa shape index (κ3) is 4.79. The molecule has 0 saturated heterocycles. The SMILES string of the molecule is BC(Nc1cc(Cl)c2ncc(C#N)c(NCC(C)(C)C)c2c1)(C1=CN(C2CC2)NN1)c1cccnc1. The molecule has 0 amide bonds. The molecule has 3 aromatic rings. The lowest BCUT2D eigenvalue weighted by molar-refractivity contribution is 0.260. The van der Waals surface area contributed by atoms with Crippen LogP contribution in [0.5, 0.6) is 0 Å². The highest BCUT2D eigenvalue weighted by Crippen LogP contribution is 2.38. The number of hydrazine groups is 2. The van der Waals surface area contributed by atoms with Crippen molar-refractivity contribution in [1.82, 2.24) is 25.9 Å². The summed E-state index contributed by atoms with van der Waals surface area (Å²) in [6.07, 6.45) is 9.68.